The molecule has 1 saturated heterocycles. The van der Waals surface area contributed by atoms with E-state index in [1.54, 1.807) is 36.3 Å². The molecular weight excluding hydrogens is 433 g/mol. The molecule has 32 heavy (non-hydrogen) atoms. The Labute approximate surface area is 190 Å². The molecule has 0 aliphatic carbocycles. The molecule has 0 radical (unpaired) electrons. The van der Waals surface area contributed by atoms with Crippen LogP contribution in [0.2, 0.25) is 0 Å². The highest BCUT2D eigenvalue weighted by Gasteiger charge is 2.22. The number of amides is 1. The standard InChI is InChI=1S/C23H26FN3O4S/c1-29-17-5-2-6-18(15-17)31-16-21(28)27(10-4-9-26-11-13-30-14-12-26)23-25-22-19(24)7-3-8-20(22)32-23/h2-3,5-8,15H,4,9-14,16H2,1H3. The highest BCUT2D eigenvalue weighted by molar-refractivity contribution is 7.22. The highest BCUT2D eigenvalue weighted by Crippen LogP contribution is 2.30. The number of anilines is 1. The van der Waals surface area contributed by atoms with E-state index < -0.39 is 5.82 Å². The maximum absolute atomic E-state index is 14.2. The number of aromatic nitrogens is 1. The number of ether oxygens (including phenoxy) is 3. The summed E-state index contributed by atoms with van der Waals surface area (Å²) in [6.07, 6.45) is 0.767. The lowest BCUT2D eigenvalue weighted by molar-refractivity contribution is -0.120. The number of carbonyl (C=O) groups is 1. The van der Waals surface area contributed by atoms with Crippen LogP contribution < -0.4 is 14.4 Å². The number of methoxy groups -OCH3 is 1. The van der Waals surface area contributed by atoms with Gasteiger partial charge in [-0.05, 0) is 30.7 Å². The van der Waals surface area contributed by atoms with E-state index in [2.05, 4.69) is 9.88 Å². The first-order chi connectivity index (χ1) is 15.6. The molecule has 3 aromatic rings. The summed E-state index contributed by atoms with van der Waals surface area (Å²) in [6, 6.07) is 11.9. The SMILES string of the molecule is COc1cccc(OCC(=O)N(CCCN2CCOCC2)c2nc3c(F)cccc3s2)c1. The van der Waals surface area contributed by atoms with Crippen LogP contribution in [0.3, 0.4) is 0 Å². The normalized spacial score (nSPS) is 14.4. The minimum atomic E-state index is -0.390. The molecule has 1 fully saturated rings. The van der Waals surface area contributed by atoms with Gasteiger partial charge < -0.3 is 14.2 Å². The van der Waals surface area contributed by atoms with Crippen molar-refractivity contribution in [3.63, 3.8) is 0 Å². The fraction of sp³-hybridized carbons (Fsp3) is 0.391. The summed E-state index contributed by atoms with van der Waals surface area (Å²) in [4.78, 5) is 21.5. The molecule has 0 saturated carbocycles. The minimum Gasteiger partial charge on any atom is -0.497 e. The summed E-state index contributed by atoms with van der Waals surface area (Å²) >= 11 is 1.31. The van der Waals surface area contributed by atoms with Gasteiger partial charge >= 0.3 is 0 Å². The maximum atomic E-state index is 14.2. The van der Waals surface area contributed by atoms with Crippen molar-refractivity contribution < 1.29 is 23.4 Å². The zero-order valence-corrected chi connectivity index (χ0v) is 18.8. The minimum absolute atomic E-state index is 0.150. The van der Waals surface area contributed by atoms with Crippen LogP contribution in [-0.2, 0) is 9.53 Å². The molecule has 7 nitrogen and oxygen atoms in total. The molecule has 1 aliphatic heterocycles. The molecule has 1 aromatic heterocycles. The van der Waals surface area contributed by atoms with Crippen LogP contribution in [0.4, 0.5) is 9.52 Å². The Bertz CT molecular complexity index is 1050. The van der Waals surface area contributed by atoms with Gasteiger partial charge in [0.2, 0.25) is 0 Å². The first kappa shape index (κ1) is 22.4. The zero-order chi connectivity index (χ0) is 22.3. The molecular formula is C23H26FN3O4S. The van der Waals surface area contributed by atoms with Gasteiger partial charge in [0.05, 0.1) is 25.0 Å². The molecule has 0 bridgehead atoms. The average Bonchev–Trinajstić information content (AvgIpc) is 3.26. The molecule has 1 aliphatic rings. The Morgan fingerprint density at radius 2 is 2.00 bits per heavy atom. The second-order valence-electron chi connectivity index (χ2n) is 7.40. The van der Waals surface area contributed by atoms with E-state index in [1.807, 2.05) is 12.1 Å². The van der Waals surface area contributed by atoms with Gasteiger partial charge in [0, 0.05) is 32.2 Å². The van der Waals surface area contributed by atoms with Crippen molar-refractivity contribution in [1.82, 2.24) is 9.88 Å². The number of halogens is 1. The van der Waals surface area contributed by atoms with Crippen molar-refractivity contribution >= 4 is 32.6 Å². The van der Waals surface area contributed by atoms with Crippen LogP contribution in [-0.4, -0.2) is 68.9 Å². The van der Waals surface area contributed by atoms with Gasteiger partial charge in [-0.15, -0.1) is 0 Å². The molecule has 1 amide bonds. The van der Waals surface area contributed by atoms with E-state index in [4.69, 9.17) is 14.2 Å². The van der Waals surface area contributed by atoms with Crippen molar-refractivity contribution in [2.75, 3.05) is 58.0 Å². The Kier molecular flexibility index (Phi) is 7.51. The first-order valence-corrected chi connectivity index (χ1v) is 11.4. The average molecular weight is 460 g/mol. The molecule has 9 heteroatoms. The van der Waals surface area contributed by atoms with E-state index in [0.717, 1.165) is 39.3 Å². The van der Waals surface area contributed by atoms with Gasteiger partial charge in [-0.1, -0.05) is 23.5 Å². The lowest BCUT2D eigenvalue weighted by Crippen LogP contribution is -2.40. The smallest absolute Gasteiger partial charge is 0.266 e. The summed E-state index contributed by atoms with van der Waals surface area (Å²) in [5.41, 5.74) is 0.284. The number of nitrogens with zero attached hydrogens (tertiary/aromatic N) is 3. The fourth-order valence-corrected chi connectivity index (χ4v) is 4.56. The van der Waals surface area contributed by atoms with Crippen molar-refractivity contribution in [3.05, 3.63) is 48.3 Å². The van der Waals surface area contributed by atoms with Gasteiger partial charge in [0.15, 0.2) is 11.7 Å². The van der Waals surface area contributed by atoms with E-state index in [9.17, 15) is 9.18 Å². The third-order valence-electron chi connectivity index (χ3n) is 5.25. The van der Waals surface area contributed by atoms with Gasteiger partial charge in [0.1, 0.15) is 22.8 Å². The number of para-hydroxylation sites is 1. The summed E-state index contributed by atoms with van der Waals surface area (Å²) < 4.78 is 31.2. The van der Waals surface area contributed by atoms with Crippen molar-refractivity contribution in [3.8, 4) is 11.5 Å². The predicted molar refractivity (Wildman–Crippen MR) is 122 cm³/mol. The molecule has 0 unspecified atom stereocenters. The summed E-state index contributed by atoms with van der Waals surface area (Å²) in [5.74, 6) is 0.577. The predicted octanol–water partition coefficient (Wildman–Crippen LogP) is 3.58. The molecule has 4 rings (SSSR count). The third-order valence-corrected chi connectivity index (χ3v) is 6.30. The Morgan fingerprint density at radius 3 is 2.78 bits per heavy atom. The number of thiazole rings is 1. The number of rotatable bonds is 9. The number of hydrogen-bond donors (Lipinski definition) is 0. The number of carbonyl (C=O) groups excluding carboxylic acids is 1. The van der Waals surface area contributed by atoms with E-state index >= 15 is 0 Å². The Balaban J connectivity index is 1.47. The molecule has 0 spiro atoms. The number of hydrogen-bond acceptors (Lipinski definition) is 7. The lowest BCUT2D eigenvalue weighted by atomic mass is 10.3. The van der Waals surface area contributed by atoms with Crippen molar-refractivity contribution in [2.24, 2.45) is 0 Å². The molecule has 2 aromatic carbocycles. The molecule has 0 atom stereocenters. The van der Waals surface area contributed by atoms with Gasteiger partial charge in [-0.3, -0.25) is 14.6 Å². The van der Waals surface area contributed by atoms with Crippen molar-refractivity contribution in [1.29, 1.82) is 0 Å². The first-order valence-electron chi connectivity index (χ1n) is 10.6. The van der Waals surface area contributed by atoms with Crippen LogP contribution in [0, 0.1) is 5.82 Å². The van der Waals surface area contributed by atoms with Crippen molar-refractivity contribution in [2.45, 2.75) is 6.42 Å². The Morgan fingerprint density at radius 1 is 1.22 bits per heavy atom. The summed E-state index contributed by atoms with van der Waals surface area (Å²) in [7, 11) is 1.58. The second-order valence-corrected chi connectivity index (χ2v) is 8.41. The molecule has 170 valence electrons. The second kappa shape index (κ2) is 10.7. The summed E-state index contributed by atoms with van der Waals surface area (Å²) in [5, 5.41) is 0.478. The zero-order valence-electron chi connectivity index (χ0n) is 18.0. The lowest BCUT2D eigenvalue weighted by Gasteiger charge is -2.27. The highest BCUT2D eigenvalue weighted by atomic mass is 32.1. The number of morpholine rings is 1. The molecule has 2 heterocycles. The molecule has 0 N–H and O–H groups in total. The largest absolute Gasteiger partial charge is 0.497 e. The third kappa shape index (κ3) is 5.53. The van der Waals surface area contributed by atoms with Crippen LogP contribution >= 0.6 is 11.3 Å². The number of fused-ring (bicyclic) bond motifs is 1. The van der Waals surface area contributed by atoms with Crippen LogP contribution in [0.1, 0.15) is 6.42 Å². The number of benzene rings is 2. The summed E-state index contributed by atoms with van der Waals surface area (Å²) in [6.45, 7) is 4.41. The van der Waals surface area contributed by atoms with Crippen LogP contribution in [0.5, 0.6) is 11.5 Å². The quantitative estimate of drug-likeness (QED) is 0.488. The van der Waals surface area contributed by atoms with Gasteiger partial charge in [-0.2, -0.15) is 0 Å². The topological polar surface area (TPSA) is 64.1 Å². The van der Waals surface area contributed by atoms with Crippen LogP contribution in [0.15, 0.2) is 42.5 Å². The van der Waals surface area contributed by atoms with Gasteiger partial charge in [-0.25, -0.2) is 9.37 Å². The maximum Gasteiger partial charge on any atom is 0.266 e. The van der Waals surface area contributed by atoms with E-state index in [1.165, 1.54) is 17.4 Å². The van der Waals surface area contributed by atoms with E-state index in [0.29, 0.717) is 27.9 Å². The van der Waals surface area contributed by atoms with E-state index in [-0.39, 0.29) is 18.0 Å². The Hall–Kier alpha value is -2.75. The fourth-order valence-electron chi connectivity index (χ4n) is 3.54. The van der Waals surface area contributed by atoms with Crippen LogP contribution in [0.25, 0.3) is 10.2 Å². The van der Waals surface area contributed by atoms with Gasteiger partial charge in [0.25, 0.3) is 5.91 Å². The monoisotopic (exact) mass is 459 g/mol.